The van der Waals surface area contributed by atoms with Gasteiger partial charge in [-0.2, -0.15) is 0 Å². The van der Waals surface area contributed by atoms with Crippen molar-refractivity contribution in [2.75, 3.05) is 6.54 Å². The molecule has 1 saturated heterocycles. The summed E-state index contributed by atoms with van der Waals surface area (Å²) in [7, 11) is 2.02. The fourth-order valence-corrected chi connectivity index (χ4v) is 3.02. The number of hydrogen-bond acceptors (Lipinski definition) is 3. The fourth-order valence-electron chi connectivity index (χ4n) is 3.02. The monoisotopic (exact) mass is 273 g/mol. The van der Waals surface area contributed by atoms with E-state index >= 15 is 0 Å². The standard InChI is InChI=1S/C15H23N5/c1-4-12-9-13(5-6-16-12)20-8-7-17-15(20)14-10-19(3)11(2)18-14/h7-8,10,12-13,16H,4-6,9H2,1-3H3/t12-,13+/m0/s1. The number of nitrogens with one attached hydrogen (secondary N) is 1. The maximum Gasteiger partial charge on any atom is 0.160 e. The Hall–Kier alpha value is -1.62. The minimum Gasteiger partial charge on any atom is -0.337 e. The van der Waals surface area contributed by atoms with E-state index in [9.17, 15) is 0 Å². The summed E-state index contributed by atoms with van der Waals surface area (Å²) in [4.78, 5) is 9.15. The Morgan fingerprint density at radius 2 is 2.30 bits per heavy atom. The molecule has 0 bridgehead atoms. The smallest absolute Gasteiger partial charge is 0.160 e. The molecule has 0 saturated carbocycles. The van der Waals surface area contributed by atoms with Crippen LogP contribution in [0.4, 0.5) is 0 Å². The van der Waals surface area contributed by atoms with Crippen LogP contribution in [-0.4, -0.2) is 31.7 Å². The Balaban J connectivity index is 1.90. The first-order valence-electron chi connectivity index (χ1n) is 7.45. The van der Waals surface area contributed by atoms with E-state index in [1.165, 1.54) is 12.8 Å². The van der Waals surface area contributed by atoms with Gasteiger partial charge in [0.15, 0.2) is 5.82 Å². The summed E-state index contributed by atoms with van der Waals surface area (Å²) in [5, 5.41) is 3.58. The third kappa shape index (κ3) is 2.38. The number of piperidine rings is 1. The molecule has 2 aromatic rings. The van der Waals surface area contributed by atoms with Crippen molar-refractivity contribution in [1.29, 1.82) is 0 Å². The fraction of sp³-hybridized carbons (Fsp3) is 0.600. The highest BCUT2D eigenvalue weighted by atomic mass is 15.1. The number of nitrogens with zero attached hydrogens (tertiary/aromatic N) is 4. The Labute approximate surface area is 120 Å². The van der Waals surface area contributed by atoms with E-state index in [1.807, 2.05) is 24.7 Å². The summed E-state index contributed by atoms with van der Waals surface area (Å²) in [5.74, 6) is 2.02. The van der Waals surface area contributed by atoms with Gasteiger partial charge in [-0.05, 0) is 32.7 Å². The molecule has 1 fully saturated rings. The first kappa shape index (κ1) is 13.4. The largest absolute Gasteiger partial charge is 0.337 e. The summed E-state index contributed by atoms with van der Waals surface area (Å²) in [6, 6.07) is 1.15. The first-order valence-corrected chi connectivity index (χ1v) is 7.45. The second kappa shape index (κ2) is 5.40. The van der Waals surface area contributed by atoms with Crippen molar-refractivity contribution in [3.8, 4) is 11.5 Å². The van der Waals surface area contributed by atoms with Crippen molar-refractivity contribution >= 4 is 0 Å². The van der Waals surface area contributed by atoms with Gasteiger partial charge in [-0.1, -0.05) is 6.92 Å². The van der Waals surface area contributed by atoms with Crippen LogP contribution in [0, 0.1) is 6.92 Å². The predicted molar refractivity (Wildman–Crippen MR) is 79.5 cm³/mol. The second-order valence-corrected chi connectivity index (χ2v) is 5.68. The molecule has 0 radical (unpaired) electrons. The summed E-state index contributed by atoms with van der Waals surface area (Å²) in [6.07, 6.45) is 9.57. The van der Waals surface area contributed by atoms with Crippen LogP contribution in [0.3, 0.4) is 0 Å². The quantitative estimate of drug-likeness (QED) is 0.933. The normalized spacial score (nSPS) is 23.1. The SMILES string of the molecule is CC[C@H]1C[C@H](n2ccnc2-c2cn(C)c(C)n2)CCN1. The highest BCUT2D eigenvalue weighted by Crippen LogP contribution is 2.28. The van der Waals surface area contributed by atoms with Crippen LogP contribution < -0.4 is 5.32 Å². The van der Waals surface area contributed by atoms with E-state index in [4.69, 9.17) is 0 Å². The van der Waals surface area contributed by atoms with Gasteiger partial charge in [0.05, 0.1) is 0 Å². The van der Waals surface area contributed by atoms with Gasteiger partial charge in [0.1, 0.15) is 11.5 Å². The minimum absolute atomic E-state index is 0.529. The average molecular weight is 273 g/mol. The van der Waals surface area contributed by atoms with E-state index in [0.717, 1.165) is 30.3 Å². The van der Waals surface area contributed by atoms with E-state index < -0.39 is 0 Å². The van der Waals surface area contributed by atoms with Crippen molar-refractivity contribution in [2.45, 2.75) is 45.2 Å². The molecule has 1 N–H and O–H groups in total. The summed E-state index contributed by atoms with van der Waals surface area (Å²) in [5.41, 5.74) is 0.974. The van der Waals surface area contributed by atoms with Crippen molar-refractivity contribution < 1.29 is 0 Å². The summed E-state index contributed by atoms with van der Waals surface area (Å²) >= 11 is 0. The Morgan fingerprint density at radius 1 is 1.45 bits per heavy atom. The van der Waals surface area contributed by atoms with Gasteiger partial charge in [-0.25, -0.2) is 9.97 Å². The molecule has 0 amide bonds. The zero-order valence-corrected chi connectivity index (χ0v) is 12.5. The summed E-state index contributed by atoms with van der Waals surface area (Å²) < 4.78 is 4.36. The third-order valence-electron chi connectivity index (χ3n) is 4.36. The van der Waals surface area contributed by atoms with Gasteiger partial charge in [-0.3, -0.25) is 0 Å². The molecular weight excluding hydrogens is 250 g/mol. The van der Waals surface area contributed by atoms with Gasteiger partial charge >= 0.3 is 0 Å². The molecule has 5 heteroatoms. The lowest BCUT2D eigenvalue weighted by Gasteiger charge is -2.31. The molecule has 0 aromatic carbocycles. The zero-order chi connectivity index (χ0) is 14.1. The molecule has 3 rings (SSSR count). The molecule has 108 valence electrons. The molecule has 1 aliphatic rings. The highest BCUT2D eigenvalue weighted by Gasteiger charge is 2.24. The lowest BCUT2D eigenvalue weighted by atomic mass is 9.97. The van der Waals surface area contributed by atoms with Crippen LogP contribution in [0.15, 0.2) is 18.6 Å². The van der Waals surface area contributed by atoms with Gasteiger partial charge in [0, 0.05) is 37.7 Å². The Bertz CT molecular complexity index is 563. The van der Waals surface area contributed by atoms with E-state index in [0.29, 0.717) is 12.1 Å². The lowest BCUT2D eigenvalue weighted by Crippen LogP contribution is -2.38. The summed E-state index contributed by atoms with van der Waals surface area (Å²) in [6.45, 7) is 5.35. The van der Waals surface area contributed by atoms with Crippen LogP contribution in [0.2, 0.25) is 0 Å². The van der Waals surface area contributed by atoms with Crippen molar-refractivity contribution in [3.05, 3.63) is 24.4 Å². The number of aromatic nitrogens is 4. The molecule has 3 heterocycles. The number of rotatable bonds is 3. The maximum absolute atomic E-state index is 4.61. The van der Waals surface area contributed by atoms with Crippen molar-refractivity contribution in [3.63, 3.8) is 0 Å². The van der Waals surface area contributed by atoms with E-state index in [2.05, 4.69) is 39.2 Å². The van der Waals surface area contributed by atoms with Crippen LogP contribution in [0.5, 0.6) is 0 Å². The van der Waals surface area contributed by atoms with Gasteiger partial charge in [-0.15, -0.1) is 0 Å². The first-order chi connectivity index (χ1) is 9.69. The van der Waals surface area contributed by atoms with Gasteiger partial charge in [0.25, 0.3) is 0 Å². The number of imidazole rings is 2. The second-order valence-electron chi connectivity index (χ2n) is 5.68. The molecule has 0 unspecified atom stereocenters. The molecule has 0 aliphatic carbocycles. The van der Waals surface area contributed by atoms with Crippen LogP contribution in [-0.2, 0) is 7.05 Å². The third-order valence-corrected chi connectivity index (χ3v) is 4.36. The number of hydrogen-bond donors (Lipinski definition) is 1. The van der Waals surface area contributed by atoms with Crippen molar-refractivity contribution in [1.82, 2.24) is 24.4 Å². The molecule has 5 nitrogen and oxygen atoms in total. The minimum atomic E-state index is 0.529. The molecule has 0 spiro atoms. The van der Waals surface area contributed by atoms with Crippen LogP contribution in [0.1, 0.15) is 38.1 Å². The maximum atomic E-state index is 4.61. The molecule has 2 atom stereocenters. The topological polar surface area (TPSA) is 47.7 Å². The highest BCUT2D eigenvalue weighted by molar-refractivity contribution is 5.49. The van der Waals surface area contributed by atoms with Crippen LogP contribution >= 0.6 is 0 Å². The van der Waals surface area contributed by atoms with Gasteiger partial charge < -0.3 is 14.5 Å². The Kier molecular flexibility index (Phi) is 3.61. The molecule has 20 heavy (non-hydrogen) atoms. The Morgan fingerprint density at radius 3 is 3.00 bits per heavy atom. The molecular formula is C15H23N5. The molecule has 1 aliphatic heterocycles. The molecule has 2 aromatic heterocycles. The zero-order valence-electron chi connectivity index (χ0n) is 12.5. The van der Waals surface area contributed by atoms with Gasteiger partial charge in [0.2, 0.25) is 0 Å². The van der Waals surface area contributed by atoms with Crippen molar-refractivity contribution in [2.24, 2.45) is 7.05 Å². The number of aryl methyl sites for hydroxylation is 2. The van der Waals surface area contributed by atoms with E-state index in [1.54, 1.807) is 0 Å². The van der Waals surface area contributed by atoms with E-state index in [-0.39, 0.29) is 0 Å². The average Bonchev–Trinajstić information content (AvgIpc) is 3.06. The predicted octanol–water partition coefficient (Wildman–Crippen LogP) is 2.30. The van der Waals surface area contributed by atoms with Crippen LogP contribution in [0.25, 0.3) is 11.5 Å². The lowest BCUT2D eigenvalue weighted by molar-refractivity contribution is 0.297.